The van der Waals surface area contributed by atoms with Gasteiger partial charge in [0.15, 0.2) is 0 Å². The zero-order valence-electron chi connectivity index (χ0n) is 21.9. The maximum Gasteiger partial charge on any atom is 0.417 e. The first-order valence-corrected chi connectivity index (χ1v) is 14.3. The van der Waals surface area contributed by atoms with Crippen molar-refractivity contribution in [3.63, 3.8) is 0 Å². The van der Waals surface area contributed by atoms with Gasteiger partial charge in [0.2, 0.25) is 0 Å². The number of halogens is 4. The fourth-order valence-corrected chi connectivity index (χ4v) is 5.04. The van der Waals surface area contributed by atoms with E-state index in [1.807, 2.05) is 0 Å². The Morgan fingerprint density at radius 2 is 1.67 bits per heavy atom. The normalized spacial score (nSPS) is 15.0. The molecule has 1 heterocycles. The molecule has 1 aliphatic rings. The maximum absolute atomic E-state index is 13.5. The monoisotopic (exact) mass is 619 g/mol. The first-order valence-electron chi connectivity index (χ1n) is 12.0. The van der Waals surface area contributed by atoms with Gasteiger partial charge in [-0.1, -0.05) is 18.2 Å². The lowest BCUT2D eigenvalue weighted by atomic mass is 10.0. The number of benzene rings is 3. The third kappa shape index (κ3) is 6.02. The van der Waals surface area contributed by atoms with Crippen molar-refractivity contribution >= 4 is 54.8 Å². The van der Waals surface area contributed by atoms with Crippen LogP contribution in [0.5, 0.6) is 0 Å². The zero-order chi connectivity index (χ0) is 31.0. The summed E-state index contributed by atoms with van der Waals surface area (Å²) in [6.45, 7) is 2.68. The first kappa shape index (κ1) is 30.4. The molecule has 0 spiro atoms. The second-order valence-electron chi connectivity index (χ2n) is 9.61. The highest BCUT2D eigenvalue weighted by Crippen LogP contribution is 2.38. The molecule has 15 heteroatoms. The fourth-order valence-electron chi connectivity index (χ4n) is 4.27. The lowest BCUT2D eigenvalue weighted by Gasteiger charge is -2.28. The van der Waals surface area contributed by atoms with E-state index in [1.54, 1.807) is 24.3 Å². The quantitative estimate of drug-likeness (QED) is 0.260. The molecule has 0 atom stereocenters. The number of carbonyl (C=O) groups excluding carboxylic acids is 3. The zero-order valence-corrected chi connectivity index (χ0v) is 23.4. The number of hydrogen-bond acceptors (Lipinski definition) is 6. The molecule has 3 aromatic rings. The number of urea groups is 2. The standard InChI is InChI=1S/C27H21ClF3N5O5S/c1-26(2)23(37)36(19-10-7-16(14-32)21(13-19)27(29,30)31)25(39)35(26)15-17-5-3-4-6-22(17)34-24(38)33-18-8-11-20(12-9-18)42(28,40)41/h3-13H,15H2,1-2H3,(H2,33,34,38). The van der Waals surface area contributed by atoms with Crippen molar-refractivity contribution in [1.82, 2.24) is 4.90 Å². The molecule has 2 N–H and O–H groups in total. The Hall–Kier alpha value is -4.61. The number of anilines is 3. The van der Waals surface area contributed by atoms with Crippen molar-refractivity contribution in [2.24, 2.45) is 0 Å². The number of nitrogens with one attached hydrogen (secondary N) is 2. The number of alkyl halides is 3. The van der Waals surface area contributed by atoms with E-state index in [9.17, 15) is 36.0 Å². The molecule has 0 aliphatic carbocycles. The molecule has 42 heavy (non-hydrogen) atoms. The number of rotatable bonds is 6. The lowest BCUT2D eigenvalue weighted by Crippen LogP contribution is -2.43. The van der Waals surface area contributed by atoms with E-state index in [2.05, 4.69) is 10.6 Å². The number of nitriles is 1. The summed E-state index contributed by atoms with van der Waals surface area (Å²) >= 11 is 0. The van der Waals surface area contributed by atoms with Crippen LogP contribution in [0.15, 0.2) is 71.6 Å². The molecule has 218 valence electrons. The van der Waals surface area contributed by atoms with Crippen LogP contribution in [-0.2, 0) is 26.6 Å². The van der Waals surface area contributed by atoms with Crippen LogP contribution in [0.2, 0.25) is 0 Å². The topological polar surface area (TPSA) is 140 Å². The molecule has 10 nitrogen and oxygen atoms in total. The van der Waals surface area contributed by atoms with Crippen LogP contribution in [0.25, 0.3) is 0 Å². The molecule has 4 rings (SSSR count). The van der Waals surface area contributed by atoms with Crippen molar-refractivity contribution < 1.29 is 36.0 Å². The van der Waals surface area contributed by atoms with Gasteiger partial charge in [0.25, 0.3) is 15.0 Å². The third-order valence-electron chi connectivity index (χ3n) is 6.50. The van der Waals surface area contributed by atoms with Crippen LogP contribution in [0.1, 0.15) is 30.5 Å². The summed E-state index contributed by atoms with van der Waals surface area (Å²) in [4.78, 5) is 41.1. The summed E-state index contributed by atoms with van der Waals surface area (Å²) in [6.07, 6.45) is -4.89. The van der Waals surface area contributed by atoms with Gasteiger partial charge in [0.05, 0.1) is 34.3 Å². The van der Waals surface area contributed by atoms with Crippen molar-refractivity contribution in [3.05, 3.63) is 83.4 Å². The Bertz CT molecular complexity index is 1740. The molecular formula is C27H21ClF3N5O5S. The number of hydrogen-bond donors (Lipinski definition) is 2. The Morgan fingerprint density at radius 3 is 2.26 bits per heavy atom. The van der Waals surface area contributed by atoms with Crippen molar-refractivity contribution in [1.29, 1.82) is 5.26 Å². The van der Waals surface area contributed by atoms with Crippen LogP contribution in [0.4, 0.5) is 39.8 Å². The largest absolute Gasteiger partial charge is 0.417 e. The van der Waals surface area contributed by atoms with Crippen LogP contribution < -0.4 is 15.5 Å². The summed E-state index contributed by atoms with van der Waals surface area (Å²) in [6, 6.07) is 13.9. The van der Waals surface area contributed by atoms with E-state index >= 15 is 0 Å². The highest BCUT2D eigenvalue weighted by Gasteiger charge is 2.52. The summed E-state index contributed by atoms with van der Waals surface area (Å²) in [5, 5.41) is 14.2. The summed E-state index contributed by atoms with van der Waals surface area (Å²) in [7, 11) is 1.35. The van der Waals surface area contributed by atoms with Gasteiger partial charge in [-0.25, -0.2) is 22.9 Å². The average Bonchev–Trinajstić information content (AvgIpc) is 3.07. The number of para-hydroxylation sites is 1. The van der Waals surface area contributed by atoms with Gasteiger partial charge in [-0.05, 0) is 67.9 Å². The predicted molar refractivity (Wildman–Crippen MR) is 147 cm³/mol. The van der Waals surface area contributed by atoms with E-state index in [4.69, 9.17) is 15.9 Å². The minimum atomic E-state index is -4.89. The first-order chi connectivity index (χ1) is 19.5. The number of amides is 5. The summed E-state index contributed by atoms with van der Waals surface area (Å²) < 4.78 is 63.5. The second kappa shape index (κ2) is 11.0. The summed E-state index contributed by atoms with van der Waals surface area (Å²) in [5.41, 5.74) is -2.83. The van der Waals surface area contributed by atoms with E-state index in [-0.39, 0.29) is 28.5 Å². The van der Waals surface area contributed by atoms with E-state index in [0.717, 1.165) is 17.0 Å². The van der Waals surface area contributed by atoms with E-state index in [0.29, 0.717) is 16.5 Å². The minimum absolute atomic E-state index is 0.155. The Balaban J connectivity index is 1.57. The predicted octanol–water partition coefficient (Wildman–Crippen LogP) is 5.90. The fraction of sp³-hybridized carbons (Fsp3) is 0.185. The smallest absolute Gasteiger partial charge is 0.308 e. The van der Waals surface area contributed by atoms with Gasteiger partial charge in [0.1, 0.15) is 5.54 Å². The molecule has 1 fully saturated rings. The van der Waals surface area contributed by atoms with Crippen molar-refractivity contribution in [3.8, 4) is 6.07 Å². The Labute approximate surface area is 242 Å². The maximum atomic E-state index is 13.5. The highest BCUT2D eigenvalue weighted by atomic mass is 35.7. The molecule has 0 saturated carbocycles. The molecule has 1 saturated heterocycles. The van der Waals surface area contributed by atoms with Gasteiger partial charge < -0.3 is 15.5 Å². The van der Waals surface area contributed by atoms with Crippen molar-refractivity contribution in [2.75, 3.05) is 15.5 Å². The molecule has 3 aromatic carbocycles. The van der Waals surface area contributed by atoms with E-state index in [1.165, 1.54) is 44.2 Å². The van der Waals surface area contributed by atoms with Gasteiger partial charge in [-0.2, -0.15) is 18.4 Å². The van der Waals surface area contributed by atoms with Gasteiger partial charge in [0, 0.05) is 22.1 Å². The molecule has 0 unspecified atom stereocenters. The number of carbonyl (C=O) groups is 3. The Kier molecular flexibility index (Phi) is 7.94. The molecule has 0 radical (unpaired) electrons. The van der Waals surface area contributed by atoms with Crippen LogP contribution in [0.3, 0.4) is 0 Å². The highest BCUT2D eigenvalue weighted by molar-refractivity contribution is 8.13. The second-order valence-corrected chi connectivity index (χ2v) is 12.2. The van der Waals surface area contributed by atoms with Gasteiger partial charge >= 0.3 is 18.2 Å². The van der Waals surface area contributed by atoms with Gasteiger partial charge in [-0.15, -0.1) is 0 Å². The number of imide groups is 1. The van der Waals surface area contributed by atoms with E-state index < -0.39 is 49.9 Å². The number of nitrogens with zero attached hydrogens (tertiary/aromatic N) is 3. The van der Waals surface area contributed by atoms with Crippen molar-refractivity contribution in [2.45, 2.75) is 37.0 Å². The SMILES string of the molecule is CC1(C)C(=O)N(c2ccc(C#N)c(C(F)(F)F)c2)C(=O)N1Cc1ccccc1NC(=O)Nc1ccc(S(=O)(=O)Cl)cc1. The molecular weight excluding hydrogens is 599 g/mol. The van der Waals surface area contributed by atoms with Gasteiger partial charge in [-0.3, -0.25) is 4.79 Å². The third-order valence-corrected chi connectivity index (χ3v) is 7.87. The molecule has 5 amide bonds. The molecule has 1 aliphatic heterocycles. The molecule has 0 bridgehead atoms. The van der Waals surface area contributed by atoms with Crippen LogP contribution in [-0.4, -0.2) is 36.8 Å². The minimum Gasteiger partial charge on any atom is -0.308 e. The summed E-state index contributed by atoms with van der Waals surface area (Å²) in [5.74, 6) is -0.782. The Morgan fingerprint density at radius 1 is 1.02 bits per heavy atom. The van der Waals surface area contributed by atoms with Crippen LogP contribution in [0, 0.1) is 11.3 Å². The average molecular weight is 620 g/mol. The van der Waals surface area contributed by atoms with Crippen LogP contribution >= 0.6 is 10.7 Å². The lowest BCUT2D eigenvalue weighted by molar-refractivity contribution is -0.137. The molecule has 0 aromatic heterocycles.